The molecule has 1 atom stereocenters. The molecular weight excluding hydrogens is 278 g/mol. The first-order valence-corrected chi connectivity index (χ1v) is 7.97. The van der Waals surface area contributed by atoms with Crippen molar-refractivity contribution in [1.29, 1.82) is 0 Å². The van der Waals surface area contributed by atoms with Crippen molar-refractivity contribution in [2.75, 3.05) is 7.11 Å². The molecule has 2 aromatic rings. The third-order valence-electron chi connectivity index (χ3n) is 3.86. The summed E-state index contributed by atoms with van der Waals surface area (Å²) in [6, 6.07) is 5.87. The van der Waals surface area contributed by atoms with Gasteiger partial charge in [0.1, 0.15) is 11.3 Å². The summed E-state index contributed by atoms with van der Waals surface area (Å²) in [7, 11) is 1.62. The number of hydrogen-bond acceptors (Lipinski definition) is 3. The van der Waals surface area contributed by atoms with E-state index in [1.54, 1.807) is 13.4 Å². The van der Waals surface area contributed by atoms with Crippen LogP contribution in [0.3, 0.4) is 0 Å². The van der Waals surface area contributed by atoms with Crippen molar-refractivity contribution in [3.63, 3.8) is 0 Å². The van der Waals surface area contributed by atoms with Gasteiger partial charge in [0.25, 0.3) is 0 Å². The van der Waals surface area contributed by atoms with Crippen LogP contribution in [-0.4, -0.2) is 19.1 Å². The van der Waals surface area contributed by atoms with Crippen LogP contribution >= 0.6 is 0 Å². The molecule has 1 amide bonds. The Hall–Kier alpha value is -1.97. The molecule has 22 heavy (non-hydrogen) atoms. The highest BCUT2D eigenvalue weighted by Gasteiger charge is 2.13. The molecule has 0 aliphatic carbocycles. The number of carbonyl (C=O) groups excluding carboxylic acids is 1. The Morgan fingerprint density at radius 3 is 2.91 bits per heavy atom. The first-order chi connectivity index (χ1) is 10.6. The maximum Gasteiger partial charge on any atom is 0.224 e. The first kappa shape index (κ1) is 16.4. The zero-order valence-electron chi connectivity index (χ0n) is 13.6. The minimum atomic E-state index is 0.0440. The van der Waals surface area contributed by atoms with Gasteiger partial charge in [-0.25, -0.2) is 0 Å². The summed E-state index contributed by atoms with van der Waals surface area (Å²) in [4.78, 5) is 12.1. The SMILES string of the molecule is CCCCCC(C)NC(=O)Cc1coc2cc(OC)ccc12. The predicted octanol–water partition coefficient (Wildman–Crippen LogP) is 4.07. The Bertz CT molecular complexity index is 618. The van der Waals surface area contributed by atoms with Crippen molar-refractivity contribution in [2.45, 2.75) is 52.0 Å². The topological polar surface area (TPSA) is 51.5 Å². The van der Waals surface area contributed by atoms with Gasteiger partial charge in [-0.1, -0.05) is 26.2 Å². The molecule has 1 N–H and O–H groups in total. The van der Waals surface area contributed by atoms with E-state index in [0.29, 0.717) is 6.42 Å². The number of rotatable bonds is 8. The second kappa shape index (κ2) is 7.87. The lowest BCUT2D eigenvalue weighted by Gasteiger charge is -2.13. The Balaban J connectivity index is 1.94. The fraction of sp³-hybridized carbons (Fsp3) is 0.500. The molecule has 0 saturated carbocycles. The van der Waals surface area contributed by atoms with Crippen LogP contribution in [-0.2, 0) is 11.2 Å². The monoisotopic (exact) mass is 303 g/mol. The highest BCUT2D eigenvalue weighted by Crippen LogP contribution is 2.25. The molecule has 2 rings (SSSR count). The normalized spacial score (nSPS) is 12.3. The van der Waals surface area contributed by atoms with Crippen LogP contribution in [0.15, 0.2) is 28.9 Å². The van der Waals surface area contributed by atoms with Crippen LogP contribution in [0.2, 0.25) is 0 Å². The molecule has 1 heterocycles. The average molecular weight is 303 g/mol. The lowest BCUT2D eigenvalue weighted by Crippen LogP contribution is -2.33. The zero-order valence-corrected chi connectivity index (χ0v) is 13.6. The number of amides is 1. The molecule has 4 nitrogen and oxygen atoms in total. The van der Waals surface area contributed by atoms with E-state index < -0.39 is 0 Å². The minimum absolute atomic E-state index is 0.0440. The van der Waals surface area contributed by atoms with Crippen LogP contribution in [0.25, 0.3) is 11.0 Å². The maximum atomic E-state index is 12.1. The first-order valence-electron chi connectivity index (χ1n) is 7.97. The number of benzene rings is 1. The number of ether oxygens (including phenoxy) is 1. The second-order valence-electron chi connectivity index (χ2n) is 5.76. The molecular formula is C18H25NO3. The smallest absolute Gasteiger partial charge is 0.224 e. The van der Waals surface area contributed by atoms with Gasteiger partial charge in [0.2, 0.25) is 5.91 Å². The molecule has 0 radical (unpaired) electrons. The van der Waals surface area contributed by atoms with Gasteiger partial charge in [-0.3, -0.25) is 4.79 Å². The number of nitrogens with one attached hydrogen (secondary N) is 1. The molecule has 120 valence electrons. The Labute approximate surface area is 131 Å². The summed E-state index contributed by atoms with van der Waals surface area (Å²) in [6.45, 7) is 4.24. The van der Waals surface area contributed by atoms with Crippen LogP contribution in [0.1, 0.15) is 45.1 Å². The van der Waals surface area contributed by atoms with Crippen molar-refractivity contribution >= 4 is 16.9 Å². The molecule has 0 spiro atoms. The largest absolute Gasteiger partial charge is 0.497 e. The Morgan fingerprint density at radius 2 is 2.18 bits per heavy atom. The molecule has 0 bridgehead atoms. The maximum absolute atomic E-state index is 12.1. The molecule has 0 aliphatic heterocycles. The number of hydrogen-bond donors (Lipinski definition) is 1. The lowest BCUT2D eigenvalue weighted by molar-refractivity contribution is -0.121. The quantitative estimate of drug-likeness (QED) is 0.748. The predicted molar refractivity (Wildman–Crippen MR) is 88.2 cm³/mol. The molecule has 1 aromatic heterocycles. The van der Waals surface area contributed by atoms with Crippen molar-refractivity contribution in [1.82, 2.24) is 5.32 Å². The van der Waals surface area contributed by atoms with Gasteiger partial charge in [0.05, 0.1) is 19.8 Å². The van der Waals surface area contributed by atoms with E-state index in [-0.39, 0.29) is 11.9 Å². The van der Waals surface area contributed by atoms with Crippen molar-refractivity contribution in [3.8, 4) is 5.75 Å². The molecule has 1 unspecified atom stereocenters. The lowest BCUT2D eigenvalue weighted by atomic mass is 10.1. The van der Waals surface area contributed by atoms with Gasteiger partial charge in [0.15, 0.2) is 0 Å². The zero-order chi connectivity index (χ0) is 15.9. The highest BCUT2D eigenvalue weighted by molar-refractivity contribution is 5.88. The molecule has 0 fully saturated rings. The van der Waals surface area contributed by atoms with Gasteiger partial charge in [-0.05, 0) is 25.5 Å². The van der Waals surface area contributed by atoms with Crippen LogP contribution in [0.4, 0.5) is 0 Å². The van der Waals surface area contributed by atoms with Gasteiger partial charge < -0.3 is 14.5 Å². The van der Waals surface area contributed by atoms with E-state index in [9.17, 15) is 4.79 Å². The molecule has 0 saturated heterocycles. The summed E-state index contributed by atoms with van der Waals surface area (Å²) in [5.74, 6) is 0.796. The summed E-state index contributed by atoms with van der Waals surface area (Å²) < 4.78 is 10.7. The molecule has 4 heteroatoms. The fourth-order valence-corrected chi connectivity index (χ4v) is 2.60. The Morgan fingerprint density at radius 1 is 1.36 bits per heavy atom. The Kier molecular flexibility index (Phi) is 5.87. The number of methoxy groups -OCH3 is 1. The van der Waals surface area contributed by atoms with Crippen molar-refractivity contribution in [3.05, 3.63) is 30.0 Å². The van der Waals surface area contributed by atoms with Crippen LogP contribution < -0.4 is 10.1 Å². The molecule has 1 aromatic carbocycles. The summed E-state index contributed by atoms with van der Waals surface area (Å²) in [6.07, 6.45) is 6.61. The number of carbonyl (C=O) groups is 1. The third-order valence-corrected chi connectivity index (χ3v) is 3.86. The highest BCUT2D eigenvalue weighted by atomic mass is 16.5. The van der Waals surface area contributed by atoms with E-state index in [4.69, 9.17) is 9.15 Å². The number of fused-ring (bicyclic) bond motifs is 1. The van der Waals surface area contributed by atoms with E-state index in [1.165, 1.54) is 12.8 Å². The minimum Gasteiger partial charge on any atom is -0.497 e. The van der Waals surface area contributed by atoms with Gasteiger partial charge >= 0.3 is 0 Å². The summed E-state index contributed by atoms with van der Waals surface area (Å²) >= 11 is 0. The molecule has 0 aliphatic rings. The van der Waals surface area contributed by atoms with Crippen LogP contribution in [0, 0.1) is 0 Å². The van der Waals surface area contributed by atoms with E-state index >= 15 is 0 Å². The van der Waals surface area contributed by atoms with Crippen molar-refractivity contribution in [2.24, 2.45) is 0 Å². The third kappa shape index (κ3) is 4.26. The second-order valence-corrected chi connectivity index (χ2v) is 5.76. The summed E-state index contributed by atoms with van der Waals surface area (Å²) in [5.41, 5.74) is 1.66. The van der Waals surface area contributed by atoms with Crippen molar-refractivity contribution < 1.29 is 13.9 Å². The van der Waals surface area contributed by atoms with E-state index in [2.05, 4.69) is 19.2 Å². The van der Waals surface area contributed by atoms with Gasteiger partial charge in [-0.2, -0.15) is 0 Å². The fourth-order valence-electron chi connectivity index (χ4n) is 2.60. The van der Waals surface area contributed by atoms with Crippen LogP contribution in [0.5, 0.6) is 5.75 Å². The standard InChI is InChI=1S/C18H25NO3/c1-4-5-6-7-13(2)19-18(20)10-14-12-22-17-11-15(21-3)8-9-16(14)17/h8-9,11-13H,4-7,10H2,1-3H3,(H,19,20). The van der Waals surface area contributed by atoms with E-state index in [1.807, 2.05) is 18.2 Å². The van der Waals surface area contributed by atoms with Gasteiger partial charge in [-0.15, -0.1) is 0 Å². The number of unbranched alkanes of at least 4 members (excludes halogenated alkanes) is 2. The average Bonchev–Trinajstić information content (AvgIpc) is 2.89. The van der Waals surface area contributed by atoms with E-state index in [0.717, 1.165) is 35.1 Å². The number of furan rings is 1. The van der Waals surface area contributed by atoms with Gasteiger partial charge in [0, 0.05) is 23.1 Å². The summed E-state index contributed by atoms with van der Waals surface area (Å²) in [5, 5.41) is 4.03.